The molecule has 1 aliphatic heterocycles. The Balaban J connectivity index is 1.84. The molecule has 0 radical (unpaired) electrons. The summed E-state index contributed by atoms with van der Waals surface area (Å²) in [6, 6.07) is 9.35. The van der Waals surface area contributed by atoms with Crippen LogP contribution in [-0.4, -0.2) is 19.2 Å². The number of nitrogens with one attached hydrogen (secondary N) is 1. The van der Waals surface area contributed by atoms with Crippen molar-refractivity contribution in [1.82, 2.24) is 5.32 Å². The first kappa shape index (κ1) is 13.6. The molecular formula is C16H25NO. The van der Waals surface area contributed by atoms with Gasteiger partial charge < -0.3 is 10.1 Å². The van der Waals surface area contributed by atoms with Crippen LogP contribution in [0.1, 0.15) is 50.3 Å². The Hall–Kier alpha value is -0.860. The predicted octanol–water partition coefficient (Wildman–Crippen LogP) is 3.47. The van der Waals surface area contributed by atoms with Gasteiger partial charge in [0.15, 0.2) is 0 Å². The molecule has 2 rings (SSSR count). The number of hydrogen-bond acceptors (Lipinski definition) is 2. The van der Waals surface area contributed by atoms with Crippen LogP contribution in [0.4, 0.5) is 0 Å². The molecule has 100 valence electrons. The van der Waals surface area contributed by atoms with E-state index in [1.54, 1.807) is 0 Å². The molecule has 2 atom stereocenters. The number of rotatable bonds is 6. The van der Waals surface area contributed by atoms with Gasteiger partial charge in [0.25, 0.3) is 0 Å². The standard InChI is InChI=1S/C16H25NO/c1-3-17-13(2)7-6-10-16-15-9-5-4-8-14(15)11-12-18-16/h4-5,8-9,13,16-17H,3,6-7,10-12H2,1-2H3. The van der Waals surface area contributed by atoms with Gasteiger partial charge in [-0.15, -0.1) is 0 Å². The molecule has 0 bridgehead atoms. The highest BCUT2D eigenvalue weighted by molar-refractivity contribution is 5.30. The van der Waals surface area contributed by atoms with E-state index in [0.29, 0.717) is 12.1 Å². The maximum Gasteiger partial charge on any atom is 0.0827 e. The van der Waals surface area contributed by atoms with E-state index in [2.05, 4.69) is 43.4 Å². The van der Waals surface area contributed by atoms with Crippen molar-refractivity contribution in [3.05, 3.63) is 35.4 Å². The smallest absolute Gasteiger partial charge is 0.0827 e. The number of benzene rings is 1. The molecule has 0 amide bonds. The summed E-state index contributed by atoms with van der Waals surface area (Å²) in [5, 5.41) is 3.46. The SMILES string of the molecule is CCNC(C)CCCC1OCCc2ccccc21. The molecule has 1 N–H and O–H groups in total. The third-order valence-electron chi connectivity index (χ3n) is 3.75. The van der Waals surface area contributed by atoms with Gasteiger partial charge >= 0.3 is 0 Å². The predicted molar refractivity (Wildman–Crippen MR) is 75.8 cm³/mol. The van der Waals surface area contributed by atoms with Crippen LogP contribution >= 0.6 is 0 Å². The first-order valence-electron chi connectivity index (χ1n) is 7.24. The highest BCUT2D eigenvalue weighted by Gasteiger charge is 2.19. The maximum atomic E-state index is 5.93. The Kier molecular flexibility index (Phi) is 5.21. The van der Waals surface area contributed by atoms with E-state index < -0.39 is 0 Å². The van der Waals surface area contributed by atoms with Gasteiger partial charge in [-0.3, -0.25) is 0 Å². The van der Waals surface area contributed by atoms with Crippen LogP contribution in [0.2, 0.25) is 0 Å². The molecule has 1 aromatic rings. The summed E-state index contributed by atoms with van der Waals surface area (Å²) in [5.41, 5.74) is 2.90. The maximum absolute atomic E-state index is 5.93. The zero-order valence-corrected chi connectivity index (χ0v) is 11.6. The van der Waals surface area contributed by atoms with E-state index in [1.165, 1.54) is 24.0 Å². The highest BCUT2D eigenvalue weighted by Crippen LogP contribution is 2.30. The van der Waals surface area contributed by atoms with Crippen molar-refractivity contribution >= 4 is 0 Å². The fourth-order valence-electron chi connectivity index (χ4n) is 2.78. The lowest BCUT2D eigenvalue weighted by Crippen LogP contribution is -2.25. The second-order valence-electron chi connectivity index (χ2n) is 5.20. The molecule has 0 saturated heterocycles. The van der Waals surface area contributed by atoms with Gasteiger partial charge in [0, 0.05) is 6.04 Å². The van der Waals surface area contributed by atoms with Crippen LogP contribution in [0, 0.1) is 0 Å². The monoisotopic (exact) mass is 247 g/mol. The minimum absolute atomic E-state index is 0.323. The quantitative estimate of drug-likeness (QED) is 0.831. The molecule has 0 aromatic heterocycles. The summed E-state index contributed by atoms with van der Waals surface area (Å²) < 4.78 is 5.93. The summed E-state index contributed by atoms with van der Waals surface area (Å²) >= 11 is 0. The van der Waals surface area contributed by atoms with Crippen LogP contribution in [0.15, 0.2) is 24.3 Å². The second kappa shape index (κ2) is 6.91. The van der Waals surface area contributed by atoms with Crippen molar-refractivity contribution in [2.45, 2.75) is 51.7 Å². The topological polar surface area (TPSA) is 21.3 Å². The highest BCUT2D eigenvalue weighted by atomic mass is 16.5. The van der Waals surface area contributed by atoms with E-state index in [9.17, 15) is 0 Å². The van der Waals surface area contributed by atoms with Crippen molar-refractivity contribution in [2.75, 3.05) is 13.2 Å². The molecule has 0 saturated carbocycles. The summed E-state index contributed by atoms with van der Waals surface area (Å²) in [7, 11) is 0. The average molecular weight is 247 g/mol. The van der Waals surface area contributed by atoms with E-state index in [0.717, 1.165) is 26.0 Å². The third-order valence-corrected chi connectivity index (χ3v) is 3.75. The first-order chi connectivity index (χ1) is 8.81. The number of ether oxygens (including phenoxy) is 1. The van der Waals surface area contributed by atoms with E-state index >= 15 is 0 Å². The molecule has 1 aliphatic rings. The lowest BCUT2D eigenvalue weighted by molar-refractivity contribution is 0.0345. The van der Waals surface area contributed by atoms with E-state index in [-0.39, 0.29) is 0 Å². The Labute approximate surface area is 111 Å². The van der Waals surface area contributed by atoms with Gasteiger partial charge in [0.05, 0.1) is 12.7 Å². The third kappa shape index (κ3) is 3.56. The van der Waals surface area contributed by atoms with Gasteiger partial charge in [-0.25, -0.2) is 0 Å². The molecule has 1 aromatic carbocycles. The van der Waals surface area contributed by atoms with Crippen molar-refractivity contribution < 1.29 is 4.74 Å². The molecular weight excluding hydrogens is 222 g/mol. The van der Waals surface area contributed by atoms with Gasteiger partial charge in [-0.1, -0.05) is 31.2 Å². The van der Waals surface area contributed by atoms with Gasteiger partial charge in [-0.2, -0.15) is 0 Å². The fourth-order valence-corrected chi connectivity index (χ4v) is 2.78. The number of fused-ring (bicyclic) bond motifs is 1. The Morgan fingerprint density at radius 1 is 1.39 bits per heavy atom. The van der Waals surface area contributed by atoms with Crippen molar-refractivity contribution in [2.24, 2.45) is 0 Å². The van der Waals surface area contributed by atoms with E-state index in [4.69, 9.17) is 4.74 Å². The fraction of sp³-hybridized carbons (Fsp3) is 0.625. The zero-order chi connectivity index (χ0) is 12.8. The Bertz CT molecular complexity index is 364. The zero-order valence-electron chi connectivity index (χ0n) is 11.6. The van der Waals surface area contributed by atoms with Gasteiger partial charge in [0.1, 0.15) is 0 Å². The van der Waals surface area contributed by atoms with Crippen LogP contribution in [-0.2, 0) is 11.2 Å². The molecule has 0 fully saturated rings. The Morgan fingerprint density at radius 2 is 2.22 bits per heavy atom. The van der Waals surface area contributed by atoms with Gasteiger partial charge in [0.2, 0.25) is 0 Å². The summed E-state index contributed by atoms with van der Waals surface area (Å²) in [4.78, 5) is 0. The van der Waals surface area contributed by atoms with E-state index in [1.807, 2.05) is 0 Å². The van der Waals surface area contributed by atoms with Crippen molar-refractivity contribution in [3.63, 3.8) is 0 Å². The normalized spacial score (nSPS) is 20.4. The summed E-state index contributed by atoms with van der Waals surface area (Å²) in [6.07, 6.45) is 5.00. The van der Waals surface area contributed by atoms with Crippen LogP contribution in [0.5, 0.6) is 0 Å². The number of hydrogen-bond donors (Lipinski definition) is 1. The molecule has 2 nitrogen and oxygen atoms in total. The van der Waals surface area contributed by atoms with Crippen LogP contribution < -0.4 is 5.32 Å². The molecule has 18 heavy (non-hydrogen) atoms. The molecule has 2 unspecified atom stereocenters. The molecule has 2 heteroatoms. The summed E-state index contributed by atoms with van der Waals surface area (Å²) in [5.74, 6) is 0. The lowest BCUT2D eigenvalue weighted by atomic mass is 9.94. The minimum atomic E-state index is 0.323. The van der Waals surface area contributed by atoms with Crippen molar-refractivity contribution in [3.8, 4) is 0 Å². The summed E-state index contributed by atoms with van der Waals surface area (Å²) in [6.45, 7) is 6.37. The van der Waals surface area contributed by atoms with Crippen molar-refractivity contribution in [1.29, 1.82) is 0 Å². The molecule has 1 heterocycles. The average Bonchev–Trinajstić information content (AvgIpc) is 2.39. The first-order valence-corrected chi connectivity index (χ1v) is 7.24. The minimum Gasteiger partial charge on any atom is -0.373 e. The molecule has 0 aliphatic carbocycles. The van der Waals surface area contributed by atoms with Crippen LogP contribution in [0.3, 0.4) is 0 Å². The Morgan fingerprint density at radius 3 is 3.06 bits per heavy atom. The largest absolute Gasteiger partial charge is 0.373 e. The molecule has 0 spiro atoms. The second-order valence-corrected chi connectivity index (χ2v) is 5.20. The van der Waals surface area contributed by atoms with Gasteiger partial charge in [-0.05, 0) is 50.3 Å². The lowest BCUT2D eigenvalue weighted by Gasteiger charge is -2.26. The van der Waals surface area contributed by atoms with Crippen LogP contribution in [0.25, 0.3) is 0 Å².